The second kappa shape index (κ2) is 57.0. The minimum atomic E-state index is -0.782. The monoisotopic (exact) mass is 953 g/mol. The SMILES string of the molecule is CCCCC/C=C\C/C=C\C/C=C\CCCCCCC(=O)O[C@@H](COC(=O)CCCCCCCCCCCCCC)COC(=O)CCCCCCCCCCCCC/C=C\CCCCCCCC. The van der Waals surface area contributed by atoms with E-state index in [2.05, 4.69) is 69.4 Å². The van der Waals surface area contributed by atoms with Crippen LogP contribution < -0.4 is 0 Å². The lowest BCUT2D eigenvalue weighted by molar-refractivity contribution is -0.167. The molecule has 0 aliphatic heterocycles. The third-order valence-electron chi connectivity index (χ3n) is 13.1. The Morgan fingerprint density at radius 3 is 0.868 bits per heavy atom. The molecule has 0 aromatic carbocycles. The number of hydrogen-bond donors (Lipinski definition) is 0. The molecule has 0 amide bonds. The molecule has 0 saturated carbocycles. The number of rotatable bonds is 54. The van der Waals surface area contributed by atoms with Crippen LogP contribution in [0.3, 0.4) is 0 Å². The van der Waals surface area contributed by atoms with Crippen molar-refractivity contribution in [2.75, 3.05) is 13.2 Å². The molecule has 0 spiro atoms. The molecule has 0 aromatic heterocycles. The third-order valence-corrected chi connectivity index (χ3v) is 13.1. The first-order chi connectivity index (χ1) is 33.5. The molecule has 0 radical (unpaired) electrons. The van der Waals surface area contributed by atoms with Gasteiger partial charge in [0.1, 0.15) is 13.2 Å². The highest BCUT2D eigenvalue weighted by molar-refractivity contribution is 5.71. The van der Waals surface area contributed by atoms with E-state index in [1.165, 1.54) is 186 Å². The number of unbranched alkanes of at least 4 members (excludes halogenated alkanes) is 35. The van der Waals surface area contributed by atoms with Crippen LogP contribution in [0.5, 0.6) is 0 Å². The van der Waals surface area contributed by atoms with Crippen LogP contribution in [0.25, 0.3) is 0 Å². The highest BCUT2D eigenvalue weighted by Crippen LogP contribution is 2.16. The zero-order chi connectivity index (χ0) is 49.3. The van der Waals surface area contributed by atoms with Gasteiger partial charge in [-0.05, 0) is 83.5 Å². The molecule has 6 nitrogen and oxygen atoms in total. The van der Waals surface area contributed by atoms with Crippen LogP contribution in [0.15, 0.2) is 48.6 Å². The zero-order valence-corrected chi connectivity index (χ0v) is 45.4. The van der Waals surface area contributed by atoms with Gasteiger partial charge in [0, 0.05) is 19.3 Å². The van der Waals surface area contributed by atoms with E-state index in [-0.39, 0.29) is 31.1 Å². The van der Waals surface area contributed by atoms with Gasteiger partial charge in [-0.25, -0.2) is 0 Å². The maximum atomic E-state index is 12.8. The topological polar surface area (TPSA) is 78.9 Å². The van der Waals surface area contributed by atoms with E-state index in [9.17, 15) is 14.4 Å². The van der Waals surface area contributed by atoms with E-state index in [0.29, 0.717) is 19.3 Å². The first-order valence-corrected chi connectivity index (χ1v) is 29.6. The summed E-state index contributed by atoms with van der Waals surface area (Å²) in [6.07, 6.45) is 69.6. The van der Waals surface area contributed by atoms with Gasteiger partial charge in [-0.2, -0.15) is 0 Å². The van der Waals surface area contributed by atoms with Crippen LogP contribution in [0.2, 0.25) is 0 Å². The van der Waals surface area contributed by atoms with Gasteiger partial charge in [0.2, 0.25) is 0 Å². The Morgan fingerprint density at radius 1 is 0.294 bits per heavy atom. The second-order valence-corrected chi connectivity index (χ2v) is 19.9. The van der Waals surface area contributed by atoms with E-state index >= 15 is 0 Å². The van der Waals surface area contributed by atoms with Crippen molar-refractivity contribution in [1.29, 1.82) is 0 Å². The average molecular weight is 954 g/mol. The van der Waals surface area contributed by atoms with Crippen LogP contribution in [-0.2, 0) is 28.6 Å². The predicted molar refractivity (Wildman–Crippen MR) is 293 cm³/mol. The van der Waals surface area contributed by atoms with E-state index < -0.39 is 6.10 Å². The van der Waals surface area contributed by atoms with Gasteiger partial charge in [-0.15, -0.1) is 0 Å². The molecule has 6 heteroatoms. The number of esters is 3. The lowest BCUT2D eigenvalue weighted by Crippen LogP contribution is -2.30. The van der Waals surface area contributed by atoms with Gasteiger partial charge in [0.05, 0.1) is 0 Å². The third kappa shape index (κ3) is 54.3. The van der Waals surface area contributed by atoms with Crippen molar-refractivity contribution >= 4 is 17.9 Å². The second-order valence-electron chi connectivity index (χ2n) is 19.9. The molecule has 0 aromatic rings. The van der Waals surface area contributed by atoms with Gasteiger partial charge < -0.3 is 14.2 Å². The van der Waals surface area contributed by atoms with Crippen molar-refractivity contribution < 1.29 is 28.6 Å². The lowest BCUT2D eigenvalue weighted by Gasteiger charge is -2.18. The summed E-state index contributed by atoms with van der Waals surface area (Å²) in [5.41, 5.74) is 0. The largest absolute Gasteiger partial charge is 0.462 e. The molecule has 0 unspecified atom stereocenters. The zero-order valence-electron chi connectivity index (χ0n) is 45.4. The Morgan fingerprint density at radius 2 is 0.529 bits per heavy atom. The molecule has 68 heavy (non-hydrogen) atoms. The summed E-state index contributed by atoms with van der Waals surface area (Å²) in [4.78, 5) is 38.1. The van der Waals surface area contributed by atoms with Crippen LogP contribution in [0.1, 0.15) is 310 Å². The van der Waals surface area contributed by atoms with Crippen LogP contribution in [-0.4, -0.2) is 37.2 Å². The lowest BCUT2D eigenvalue weighted by atomic mass is 10.0. The standard InChI is InChI=1S/C62H112O6/c1-4-7-10-13-16-19-22-25-27-29-30-31-32-34-35-37-40-43-46-49-52-55-61(64)67-58-59(57-66-60(63)54-51-48-45-42-39-24-21-18-15-12-9-6-3)68-62(65)56-53-50-47-44-41-38-36-33-28-26-23-20-17-14-11-8-5-2/h17,20,25-28,36,38,59H,4-16,18-19,21-24,29-35,37,39-58H2,1-3H3/b20-17-,27-25-,28-26-,38-36-/t59-/m0/s1. The van der Waals surface area contributed by atoms with Crippen molar-refractivity contribution in [3.05, 3.63) is 48.6 Å². The van der Waals surface area contributed by atoms with Crippen LogP contribution in [0, 0.1) is 0 Å². The fourth-order valence-electron chi connectivity index (χ4n) is 8.56. The minimum Gasteiger partial charge on any atom is -0.462 e. The summed E-state index contributed by atoms with van der Waals surface area (Å²) in [6.45, 7) is 6.62. The summed E-state index contributed by atoms with van der Waals surface area (Å²) >= 11 is 0. The van der Waals surface area contributed by atoms with Crippen molar-refractivity contribution in [3.8, 4) is 0 Å². The smallest absolute Gasteiger partial charge is 0.306 e. The summed E-state index contributed by atoms with van der Waals surface area (Å²) in [7, 11) is 0. The Bertz CT molecular complexity index is 1190. The molecule has 1 atom stereocenters. The molecule has 0 saturated heterocycles. The number of allylic oxidation sites excluding steroid dienone is 8. The fourth-order valence-corrected chi connectivity index (χ4v) is 8.56. The van der Waals surface area contributed by atoms with Crippen molar-refractivity contribution in [2.45, 2.75) is 316 Å². The Balaban J connectivity index is 4.33. The van der Waals surface area contributed by atoms with Crippen molar-refractivity contribution in [1.82, 2.24) is 0 Å². The van der Waals surface area contributed by atoms with Gasteiger partial charge >= 0.3 is 17.9 Å². The first-order valence-electron chi connectivity index (χ1n) is 29.6. The maximum Gasteiger partial charge on any atom is 0.306 e. The van der Waals surface area contributed by atoms with Crippen molar-refractivity contribution in [2.24, 2.45) is 0 Å². The van der Waals surface area contributed by atoms with E-state index in [0.717, 1.165) is 83.5 Å². The van der Waals surface area contributed by atoms with E-state index in [1.54, 1.807) is 0 Å². The summed E-state index contributed by atoms with van der Waals surface area (Å²) in [6, 6.07) is 0. The number of ether oxygens (including phenoxy) is 3. The van der Waals surface area contributed by atoms with E-state index in [4.69, 9.17) is 14.2 Å². The molecule has 0 heterocycles. The minimum absolute atomic E-state index is 0.0793. The molecule has 0 aliphatic rings. The Kier molecular flexibility index (Phi) is 54.8. The van der Waals surface area contributed by atoms with Gasteiger partial charge in [0.25, 0.3) is 0 Å². The summed E-state index contributed by atoms with van der Waals surface area (Å²) in [5, 5.41) is 0. The van der Waals surface area contributed by atoms with Gasteiger partial charge in [-0.3, -0.25) is 14.4 Å². The average Bonchev–Trinajstić information content (AvgIpc) is 3.34. The Labute approximate surface area is 422 Å². The highest BCUT2D eigenvalue weighted by Gasteiger charge is 2.19. The highest BCUT2D eigenvalue weighted by atomic mass is 16.6. The van der Waals surface area contributed by atoms with Crippen LogP contribution >= 0.6 is 0 Å². The molecule has 396 valence electrons. The molecular weight excluding hydrogens is 841 g/mol. The van der Waals surface area contributed by atoms with Crippen LogP contribution in [0.4, 0.5) is 0 Å². The number of hydrogen-bond acceptors (Lipinski definition) is 6. The maximum absolute atomic E-state index is 12.8. The molecule has 0 N–H and O–H groups in total. The molecule has 0 fully saturated rings. The quantitative estimate of drug-likeness (QED) is 0.0262. The Hall–Kier alpha value is -2.63. The summed E-state index contributed by atoms with van der Waals surface area (Å²) in [5.74, 6) is -0.887. The van der Waals surface area contributed by atoms with Gasteiger partial charge in [0.15, 0.2) is 6.10 Å². The summed E-state index contributed by atoms with van der Waals surface area (Å²) < 4.78 is 16.9. The predicted octanol–water partition coefficient (Wildman–Crippen LogP) is 19.8. The number of carbonyl (C=O) groups excluding carboxylic acids is 3. The van der Waals surface area contributed by atoms with Crippen molar-refractivity contribution in [3.63, 3.8) is 0 Å². The molecule has 0 aliphatic carbocycles. The fraction of sp³-hybridized carbons (Fsp3) is 0.823. The molecule has 0 rings (SSSR count). The first kappa shape index (κ1) is 65.4. The van der Waals surface area contributed by atoms with Gasteiger partial charge in [-0.1, -0.05) is 256 Å². The molecule has 0 bridgehead atoms. The van der Waals surface area contributed by atoms with E-state index in [1.807, 2.05) is 0 Å². The molecular formula is C62H112O6. The number of carbonyl (C=O) groups is 3. The normalized spacial score (nSPS) is 12.3.